The lowest BCUT2D eigenvalue weighted by molar-refractivity contribution is -0.665. The van der Waals surface area contributed by atoms with Crippen molar-refractivity contribution in [3.63, 3.8) is 0 Å². The summed E-state index contributed by atoms with van der Waals surface area (Å²) in [5, 5.41) is 2.76. The quantitative estimate of drug-likeness (QED) is 0.384. The van der Waals surface area contributed by atoms with E-state index in [9.17, 15) is 0 Å². The minimum atomic E-state index is 0.654. The van der Waals surface area contributed by atoms with Gasteiger partial charge in [0.05, 0.1) is 10.9 Å². The highest BCUT2D eigenvalue weighted by atomic mass is 14.9. The van der Waals surface area contributed by atoms with E-state index in [1.165, 1.54) is 82.9 Å². The standard InChI is InChI=1S/C29H38N/c1-7-22(8-2)24-13-14-27-26(17-24)16-20(4)30(6)29(27)28-18-25(15-19(3)21(28)5)23-11-9-10-12-23/h13-18,22-23H,7-12H2,1-6H3/q+1. The van der Waals surface area contributed by atoms with Crippen LogP contribution in [0.2, 0.25) is 0 Å². The Morgan fingerprint density at radius 3 is 2.30 bits per heavy atom. The van der Waals surface area contributed by atoms with Crippen LogP contribution in [0.3, 0.4) is 0 Å². The van der Waals surface area contributed by atoms with Gasteiger partial charge in [0, 0.05) is 13.0 Å². The van der Waals surface area contributed by atoms with Crippen LogP contribution in [0.25, 0.3) is 22.0 Å². The first-order valence-corrected chi connectivity index (χ1v) is 12.0. The summed E-state index contributed by atoms with van der Waals surface area (Å²) in [5.41, 5.74) is 10.0. The third-order valence-corrected chi connectivity index (χ3v) is 7.79. The molecule has 2 aromatic carbocycles. The second-order valence-electron chi connectivity index (χ2n) is 9.55. The summed E-state index contributed by atoms with van der Waals surface area (Å²) in [7, 11) is 2.23. The van der Waals surface area contributed by atoms with E-state index >= 15 is 0 Å². The Labute approximate surface area is 183 Å². The van der Waals surface area contributed by atoms with Crippen LogP contribution in [0.15, 0.2) is 36.4 Å². The van der Waals surface area contributed by atoms with E-state index < -0.39 is 0 Å². The molecule has 0 bridgehead atoms. The molecule has 1 aliphatic rings. The van der Waals surface area contributed by atoms with Gasteiger partial charge >= 0.3 is 0 Å². The normalized spacial score (nSPS) is 14.9. The second kappa shape index (κ2) is 8.53. The van der Waals surface area contributed by atoms with Crippen molar-refractivity contribution in [2.75, 3.05) is 0 Å². The largest absolute Gasteiger partial charge is 0.220 e. The van der Waals surface area contributed by atoms with Crippen molar-refractivity contribution in [2.24, 2.45) is 7.05 Å². The van der Waals surface area contributed by atoms with Crippen molar-refractivity contribution in [1.82, 2.24) is 0 Å². The minimum Gasteiger partial charge on any atom is -0.198 e. The van der Waals surface area contributed by atoms with Gasteiger partial charge < -0.3 is 0 Å². The fourth-order valence-electron chi connectivity index (χ4n) is 5.56. The number of fused-ring (bicyclic) bond motifs is 1. The van der Waals surface area contributed by atoms with Crippen molar-refractivity contribution in [2.45, 2.75) is 85.0 Å². The Balaban J connectivity index is 1.95. The van der Waals surface area contributed by atoms with Crippen molar-refractivity contribution in [3.05, 3.63) is 64.3 Å². The first-order chi connectivity index (χ1) is 14.4. The number of rotatable bonds is 5. The van der Waals surface area contributed by atoms with Crippen molar-refractivity contribution in [3.8, 4) is 11.3 Å². The average molecular weight is 401 g/mol. The maximum atomic E-state index is 2.52. The van der Waals surface area contributed by atoms with Gasteiger partial charge in [0.2, 0.25) is 5.69 Å². The maximum absolute atomic E-state index is 2.52. The molecule has 0 spiro atoms. The third kappa shape index (κ3) is 3.68. The van der Waals surface area contributed by atoms with E-state index in [0.717, 1.165) is 5.92 Å². The molecule has 4 rings (SSSR count). The highest BCUT2D eigenvalue weighted by Gasteiger charge is 2.24. The first-order valence-electron chi connectivity index (χ1n) is 12.0. The molecule has 0 atom stereocenters. The molecule has 0 unspecified atom stereocenters. The molecule has 1 heterocycles. The first kappa shape index (κ1) is 21.1. The molecule has 0 saturated heterocycles. The van der Waals surface area contributed by atoms with Gasteiger partial charge in [0.25, 0.3) is 0 Å². The molecule has 30 heavy (non-hydrogen) atoms. The summed E-state index contributed by atoms with van der Waals surface area (Å²) in [6.45, 7) is 11.5. The Hall–Kier alpha value is -2.15. The lowest BCUT2D eigenvalue weighted by Crippen LogP contribution is -2.35. The molecule has 1 nitrogen and oxygen atoms in total. The van der Waals surface area contributed by atoms with Gasteiger partial charge in [-0.1, -0.05) is 44.9 Å². The Morgan fingerprint density at radius 2 is 1.63 bits per heavy atom. The molecular weight excluding hydrogens is 362 g/mol. The van der Waals surface area contributed by atoms with Crippen LogP contribution >= 0.6 is 0 Å². The summed E-state index contributed by atoms with van der Waals surface area (Å²) in [6.07, 6.45) is 7.87. The molecule has 3 aromatic rings. The Bertz CT molecular complexity index is 1070. The summed E-state index contributed by atoms with van der Waals surface area (Å²) in [4.78, 5) is 0. The topological polar surface area (TPSA) is 3.88 Å². The molecule has 0 N–H and O–H groups in total. The van der Waals surface area contributed by atoms with Gasteiger partial charge in [-0.05, 0) is 91.1 Å². The Kier molecular flexibility index (Phi) is 6.00. The van der Waals surface area contributed by atoms with Crippen molar-refractivity contribution < 1.29 is 4.57 Å². The molecule has 1 aliphatic carbocycles. The lowest BCUT2D eigenvalue weighted by atomic mass is 9.87. The van der Waals surface area contributed by atoms with E-state index in [4.69, 9.17) is 0 Å². The molecule has 1 aromatic heterocycles. The fraction of sp³-hybridized carbons (Fsp3) is 0.483. The molecular formula is C29H38N+. The molecule has 1 heteroatoms. The van der Waals surface area contributed by atoms with E-state index in [-0.39, 0.29) is 0 Å². The zero-order valence-electron chi connectivity index (χ0n) is 19.8. The number of aryl methyl sites for hydroxylation is 2. The van der Waals surface area contributed by atoms with Gasteiger partial charge in [-0.25, -0.2) is 0 Å². The van der Waals surface area contributed by atoms with E-state index in [1.54, 1.807) is 5.56 Å². The molecule has 158 valence electrons. The summed E-state index contributed by atoms with van der Waals surface area (Å²) in [6, 6.07) is 14.6. The minimum absolute atomic E-state index is 0.654. The summed E-state index contributed by atoms with van der Waals surface area (Å²) in [5.74, 6) is 1.40. The highest BCUT2D eigenvalue weighted by molar-refractivity contribution is 5.94. The fourth-order valence-corrected chi connectivity index (χ4v) is 5.56. The molecule has 1 fully saturated rings. The van der Waals surface area contributed by atoms with E-state index in [1.807, 2.05) is 0 Å². The van der Waals surface area contributed by atoms with Crippen molar-refractivity contribution >= 4 is 10.8 Å². The predicted octanol–water partition coefficient (Wildman–Crippen LogP) is 7.82. The number of pyridine rings is 1. The lowest BCUT2D eigenvalue weighted by Gasteiger charge is -2.18. The highest BCUT2D eigenvalue weighted by Crippen LogP contribution is 2.39. The zero-order chi connectivity index (χ0) is 21.4. The predicted molar refractivity (Wildman–Crippen MR) is 129 cm³/mol. The second-order valence-corrected chi connectivity index (χ2v) is 9.55. The van der Waals surface area contributed by atoms with Gasteiger partial charge in [-0.2, -0.15) is 4.57 Å². The summed E-state index contributed by atoms with van der Waals surface area (Å²) < 4.78 is 2.40. The maximum Gasteiger partial charge on any atom is 0.220 e. The van der Waals surface area contributed by atoms with Gasteiger partial charge in [0.1, 0.15) is 7.05 Å². The van der Waals surface area contributed by atoms with Crippen LogP contribution < -0.4 is 4.57 Å². The smallest absolute Gasteiger partial charge is 0.198 e. The molecule has 0 amide bonds. The average Bonchev–Trinajstić information content (AvgIpc) is 3.27. The number of nitrogens with zero attached hydrogens (tertiary/aromatic N) is 1. The van der Waals surface area contributed by atoms with Crippen LogP contribution in [0.5, 0.6) is 0 Å². The van der Waals surface area contributed by atoms with E-state index in [2.05, 4.69) is 82.6 Å². The summed E-state index contributed by atoms with van der Waals surface area (Å²) >= 11 is 0. The number of aromatic nitrogens is 1. The SMILES string of the molecule is CCC(CC)c1ccc2c(-c3cc(C4CCCC4)cc(C)c3C)[n+](C)c(C)cc2c1. The van der Waals surface area contributed by atoms with Gasteiger partial charge in [-0.3, -0.25) is 0 Å². The van der Waals surface area contributed by atoms with Gasteiger partial charge in [0.15, 0.2) is 5.69 Å². The van der Waals surface area contributed by atoms with E-state index in [0.29, 0.717) is 5.92 Å². The Morgan fingerprint density at radius 1 is 0.933 bits per heavy atom. The number of benzene rings is 2. The van der Waals surface area contributed by atoms with Crippen LogP contribution in [0.1, 0.15) is 92.2 Å². The molecule has 1 saturated carbocycles. The van der Waals surface area contributed by atoms with Crippen LogP contribution in [0.4, 0.5) is 0 Å². The number of hydrogen-bond acceptors (Lipinski definition) is 0. The number of hydrogen-bond donors (Lipinski definition) is 0. The monoisotopic (exact) mass is 400 g/mol. The van der Waals surface area contributed by atoms with Crippen molar-refractivity contribution in [1.29, 1.82) is 0 Å². The molecule has 0 aliphatic heterocycles. The zero-order valence-corrected chi connectivity index (χ0v) is 19.8. The van der Waals surface area contributed by atoms with Crippen LogP contribution in [0, 0.1) is 20.8 Å². The van der Waals surface area contributed by atoms with Crippen LogP contribution in [-0.4, -0.2) is 0 Å². The van der Waals surface area contributed by atoms with Gasteiger partial charge in [-0.15, -0.1) is 0 Å². The molecule has 0 radical (unpaired) electrons. The third-order valence-electron chi connectivity index (χ3n) is 7.79. The van der Waals surface area contributed by atoms with Crippen LogP contribution in [-0.2, 0) is 7.05 Å².